The number of hydrogen-bond donors (Lipinski definition) is 1. The van der Waals surface area contributed by atoms with Crippen molar-refractivity contribution in [3.05, 3.63) is 75.3 Å². The topological polar surface area (TPSA) is 73.2 Å². The quantitative estimate of drug-likeness (QED) is 0.578. The lowest BCUT2D eigenvalue weighted by Gasteiger charge is -2.19. The average molecular weight is 426 g/mol. The first kappa shape index (κ1) is 21.0. The lowest BCUT2D eigenvalue weighted by molar-refractivity contribution is -0.117. The maximum Gasteiger partial charge on any atom is 0.264 e. The number of likely N-dealkylation sites (N-methyl/N-ethyl adjacent to an activating group) is 1. The van der Waals surface area contributed by atoms with Crippen molar-refractivity contribution in [2.24, 2.45) is 0 Å². The molecule has 0 saturated carbocycles. The fraction of sp³-hybridized carbons (Fsp3) is 0.227. The highest BCUT2D eigenvalue weighted by atomic mass is 35.5. The molecule has 5 nitrogen and oxygen atoms in total. The normalized spacial score (nSPS) is 17.8. The summed E-state index contributed by atoms with van der Waals surface area (Å²) in [4.78, 5) is 27.0. The molecule has 1 fully saturated rings. The van der Waals surface area contributed by atoms with Crippen molar-refractivity contribution in [2.45, 2.75) is 25.0 Å². The van der Waals surface area contributed by atoms with Gasteiger partial charge >= 0.3 is 0 Å². The van der Waals surface area contributed by atoms with Crippen LogP contribution in [0.15, 0.2) is 59.1 Å². The van der Waals surface area contributed by atoms with Crippen LogP contribution >= 0.6 is 23.4 Å². The van der Waals surface area contributed by atoms with Gasteiger partial charge in [-0.15, -0.1) is 0 Å². The van der Waals surface area contributed by atoms with Crippen LogP contribution in [0.5, 0.6) is 0 Å². The number of nitriles is 1. The Bertz CT molecular complexity index is 1010. The number of anilines is 1. The molecule has 29 heavy (non-hydrogen) atoms. The van der Waals surface area contributed by atoms with Crippen molar-refractivity contribution >= 4 is 40.9 Å². The van der Waals surface area contributed by atoms with Gasteiger partial charge < -0.3 is 5.32 Å². The van der Waals surface area contributed by atoms with Gasteiger partial charge in [-0.2, -0.15) is 5.26 Å². The van der Waals surface area contributed by atoms with Crippen molar-refractivity contribution in [1.82, 2.24) is 5.32 Å². The number of carbonyl (C=O) groups excluding carboxylic acids is 2. The second kappa shape index (κ2) is 9.17. The van der Waals surface area contributed by atoms with Gasteiger partial charge in [-0.25, -0.2) is 0 Å². The van der Waals surface area contributed by atoms with Gasteiger partial charge in [0, 0.05) is 17.8 Å². The molecule has 1 aliphatic rings. The smallest absolute Gasteiger partial charge is 0.264 e. The molecule has 0 spiro atoms. The van der Waals surface area contributed by atoms with E-state index in [-0.39, 0.29) is 11.5 Å². The van der Waals surface area contributed by atoms with E-state index >= 15 is 0 Å². The molecule has 1 heterocycles. The number of rotatable bonds is 5. The molecule has 2 aromatic rings. The van der Waals surface area contributed by atoms with E-state index in [1.165, 1.54) is 23.7 Å². The number of nitrogens with zero attached hydrogens (tertiary/aromatic N) is 2. The number of benzene rings is 2. The van der Waals surface area contributed by atoms with Crippen LogP contribution in [-0.2, 0) is 22.4 Å². The first-order chi connectivity index (χ1) is 14.0. The largest absolute Gasteiger partial charge is 0.354 e. The molecule has 1 aliphatic heterocycles. The number of nitrogens with one attached hydrogen (secondary N) is 1. The Morgan fingerprint density at radius 3 is 2.55 bits per heavy atom. The highest BCUT2D eigenvalue weighted by Crippen LogP contribution is 2.42. The molecule has 2 amide bonds. The Hall–Kier alpha value is -2.75. The standard InChI is InChI=1S/C22H20ClN3O2S/c1-3-14-7-9-17(10-8-14)26-21(28)19(12-15-5-4-6-16(23)11-15)29-22(26)18(13-24)20(27)25-2/h4-11,19H,3,12H2,1-2H3,(H,25,27)/b22-18-. The van der Waals surface area contributed by atoms with Gasteiger partial charge in [-0.05, 0) is 48.2 Å². The molecule has 1 saturated heterocycles. The molecule has 1 unspecified atom stereocenters. The zero-order valence-electron chi connectivity index (χ0n) is 16.1. The van der Waals surface area contributed by atoms with E-state index in [1.807, 2.05) is 48.5 Å². The van der Waals surface area contributed by atoms with Gasteiger partial charge in [0.2, 0.25) is 5.91 Å². The number of aryl methyl sites for hydroxylation is 1. The maximum absolute atomic E-state index is 13.3. The molecule has 0 bridgehead atoms. The molecule has 0 radical (unpaired) electrons. The Balaban J connectivity index is 2.03. The van der Waals surface area contributed by atoms with E-state index in [2.05, 4.69) is 12.2 Å². The Morgan fingerprint density at radius 1 is 1.24 bits per heavy atom. The van der Waals surface area contributed by atoms with Crippen LogP contribution in [0.4, 0.5) is 5.69 Å². The van der Waals surface area contributed by atoms with Crippen LogP contribution in [0.3, 0.4) is 0 Å². The molecule has 0 aliphatic carbocycles. The van der Waals surface area contributed by atoms with Gasteiger partial charge in [0.1, 0.15) is 16.7 Å². The van der Waals surface area contributed by atoms with E-state index in [1.54, 1.807) is 6.07 Å². The molecule has 7 heteroatoms. The number of carbonyl (C=O) groups is 2. The average Bonchev–Trinajstić information content (AvgIpc) is 3.04. The Labute approximate surface area is 179 Å². The Morgan fingerprint density at radius 2 is 1.97 bits per heavy atom. The summed E-state index contributed by atoms with van der Waals surface area (Å²) in [5.74, 6) is -0.674. The van der Waals surface area contributed by atoms with Crippen molar-refractivity contribution in [1.29, 1.82) is 5.26 Å². The molecule has 3 rings (SSSR count). The molecule has 2 aromatic carbocycles. The highest BCUT2D eigenvalue weighted by Gasteiger charge is 2.40. The zero-order valence-corrected chi connectivity index (χ0v) is 17.7. The first-order valence-electron chi connectivity index (χ1n) is 9.19. The van der Waals surface area contributed by atoms with Crippen LogP contribution in [-0.4, -0.2) is 24.1 Å². The second-order valence-electron chi connectivity index (χ2n) is 6.51. The van der Waals surface area contributed by atoms with Crippen LogP contribution in [0.25, 0.3) is 0 Å². The number of amides is 2. The summed E-state index contributed by atoms with van der Waals surface area (Å²) in [6.45, 7) is 2.05. The maximum atomic E-state index is 13.3. The molecular formula is C22H20ClN3O2S. The summed E-state index contributed by atoms with van der Waals surface area (Å²) in [7, 11) is 1.46. The first-order valence-corrected chi connectivity index (χ1v) is 10.4. The van der Waals surface area contributed by atoms with Gasteiger partial charge in [-0.1, -0.05) is 54.6 Å². The predicted molar refractivity (Wildman–Crippen MR) is 117 cm³/mol. The summed E-state index contributed by atoms with van der Waals surface area (Å²) < 4.78 is 0. The van der Waals surface area contributed by atoms with Crippen LogP contribution in [0.2, 0.25) is 5.02 Å². The summed E-state index contributed by atoms with van der Waals surface area (Å²) in [5.41, 5.74) is 2.63. The van der Waals surface area contributed by atoms with E-state index in [4.69, 9.17) is 11.6 Å². The minimum absolute atomic E-state index is 0.0704. The summed E-state index contributed by atoms with van der Waals surface area (Å²) >= 11 is 7.31. The number of hydrogen-bond acceptors (Lipinski definition) is 4. The molecule has 0 aromatic heterocycles. The molecule has 1 atom stereocenters. The van der Waals surface area contributed by atoms with E-state index in [9.17, 15) is 14.9 Å². The summed E-state index contributed by atoms with van der Waals surface area (Å²) in [6.07, 6.45) is 1.33. The lowest BCUT2D eigenvalue weighted by atomic mass is 10.1. The van der Waals surface area contributed by atoms with Crippen LogP contribution in [0, 0.1) is 11.3 Å². The third-order valence-electron chi connectivity index (χ3n) is 4.65. The molecule has 1 N–H and O–H groups in total. The van der Waals surface area contributed by atoms with E-state index < -0.39 is 11.2 Å². The number of thioether (sulfide) groups is 1. The predicted octanol–water partition coefficient (Wildman–Crippen LogP) is 4.07. The SMILES string of the molecule is CCc1ccc(N2C(=O)C(Cc3cccc(Cl)c3)S/C2=C(/C#N)C(=O)NC)cc1. The molecular weight excluding hydrogens is 406 g/mol. The van der Waals surface area contributed by atoms with Crippen LogP contribution < -0.4 is 10.2 Å². The van der Waals surface area contributed by atoms with Gasteiger partial charge in [0.05, 0.1) is 5.25 Å². The minimum atomic E-state index is -0.513. The fourth-order valence-corrected chi connectivity index (χ4v) is 4.63. The summed E-state index contributed by atoms with van der Waals surface area (Å²) in [6, 6.07) is 16.9. The summed E-state index contributed by atoms with van der Waals surface area (Å²) in [5, 5.41) is 12.6. The van der Waals surface area contributed by atoms with Crippen molar-refractivity contribution in [3.8, 4) is 6.07 Å². The third-order valence-corrected chi connectivity index (χ3v) is 6.14. The van der Waals surface area contributed by atoms with E-state index in [0.717, 1.165) is 17.5 Å². The zero-order chi connectivity index (χ0) is 21.0. The van der Waals surface area contributed by atoms with E-state index in [0.29, 0.717) is 22.2 Å². The molecule has 148 valence electrons. The van der Waals surface area contributed by atoms with Crippen LogP contribution in [0.1, 0.15) is 18.1 Å². The van der Waals surface area contributed by atoms with Crippen molar-refractivity contribution in [3.63, 3.8) is 0 Å². The number of halogens is 1. The Kier molecular flexibility index (Phi) is 6.63. The van der Waals surface area contributed by atoms with Gasteiger partial charge in [-0.3, -0.25) is 14.5 Å². The fourth-order valence-electron chi connectivity index (χ4n) is 3.11. The monoisotopic (exact) mass is 425 g/mol. The highest BCUT2D eigenvalue weighted by molar-refractivity contribution is 8.05. The van der Waals surface area contributed by atoms with Gasteiger partial charge in [0.25, 0.3) is 5.91 Å². The van der Waals surface area contributed by atoms with Crippen molar-refractivity contribution in [2.75, 3.05) is 11.9 Å². The minimum Gasteiger partial charge on any atom is -0.354 e. The lowest BCUT2D eigenvalue weighted by Crippen LogP contribution is -2.31. The van der Waals surface area contributed by atoms with Gasteiger partial charge in [0.15, 0.2) is 0 Å². The second-order valence-corrected chi connectivity index (χ2v) is 8.13. The van der Waals surface area contributed by atoms with Crippen molar-refractivity contribution < 1.29 is 9.59 Å². The third kappa shape index (κ3) is 4.47.